The summed E-state index contributed by atoms with van der Waals surface area (Å²) >= 11 is 0. The average molecular weight is 411 g/mol. The third-order valence-corrected chi connectivity index (χ3v) is 5.79. The van der Waals surface area contributed by atoms with E-state index in [0.717, 1.165) is 42.8 Å². The summed E-state index contributed by atoms with van der Waals surface area (Å²) in [6.07, 6.45) is 5.17. The number of nitrogens with one attached hydrogen (secondary N) is 1. The Hall–Kier alpha value is -3.00. The van der Waals surface area contributed by atoms with Crippen molar-refractivity contribution in [1.82, 2.24) is 25.2 Å². The molecule has 8 heteroatoms. The minimum absolute atomic E-state index is 0.0122. The molecule has 1 fully saturated rings. The van der Waals surface area contributed by atoms with Gasteiger partial charge in [-0.05, 0) is 50.6 Å². The SMILES string of the molecule is Cc1c(-c2cc(C(=O)NCC(c3ccc(F)cc3)N3CCCCC3)no2)cnn1C. The van der Waals surface area contributed by atoms with Gasteiger partial charge < -0.3 is 9.84 Å². The third kappa shape index (κ3) is 4.28. The first-order valence-electron chi connectivity index (χ1n) is 10.3. The summed E-state index contributed by atoms with van der Waals surface area (Å²) in [6, 6.07) is 8.14. The monoisotopic (exact) mass is 411 g/mol. The van der Waals surface area contributed by atoms with Gasteiger partial charge in [0.25, 0.3) is 5.91 Å². The molecule has 158 valence electrons. The van der Waals surface area contributed by atoms with Crippen LogP contribution in [0.5, 0.6) is 0 Å². The number of aromatic nitrogens is 3. The number of piperidine rings is 1. The lowest BCUT2D eigenvalue weighted by atomic mass is 10.0. The van der Waals surface area contributed by atoms with Crippen molar-refractivity contribution in [2.45, 2.75) is 32.2 Å². The van der Waals surface area contributed by atoms with Gasteiger partial charge in [0, 0.05) is 25.4 Å². The van der Waals surface area contributed by atoms with Crippen LogP contribution in [0.25, 0.3) is 11.3 Å². The van der Waals surface area contributed by atoms with Crippen molar-refractivity contribution in [3.63, 3.8) is 0 Å². The number of nitrogens with zero attached hydrogens (tertiary/aromatic N) is 4. The molecule has 1 amide bonds. The van der Waals surface area contributed by atoms with E-state index in [1.54, 1.807) is 29.1 Å². The number of amides is 1. The van der Waals surface area contributed by atoms with Crippen LogP contribution in [-0.4, -0.2) is 45.4 Å². The molecule has 1 saturated heterocycles. The zero-order valence-corrected chi connectivity index (χ0v) is 17.3. The summed E-state index contributed by atoms with van der Waals surface area (Å²) in [4.78, 5) is 15.1. The fraction of sp³-hybridized carbons (Fsp3) is 0.409. The van der Waals surface area contributed by atoms with E-state index in [1.165, 1.54) is 18.6 Å². The Bertz CT molecular complexity index is 1000. The molecule has 0 aliphatic carbocycles. The number of hydrogen-bond donors (Lipinski definition) is 1. The Morgan fingerprint density at radius 3 is 2.63 bits per heavy atom. The number of halogens is 1. The van der Waals surface area contributed by atoms with Crippen molar-refractivity contribution in [2.75, 3.05) is 19.6 Å². The van der Waals surface area contributed by atoms with Gasteiger partial charge in [0.2, 0.25) is 0 Å². The first kappa shape index (κ1) is 20.3. The van der Waals surface area contributed by atoms with Gasteiger partial charge in [-0.2, -0.15) is 5.10 Å². The number of hydrogen-bond acceptors (Lipinski definition) is 5. The zero-order chi connectivity index (χ0) is 21.1. The quantitative estimate of drug-likeness (QED) is 0.672. The van der Waals surface area contributed by atoms with Gasteiger partial charge in [0.05, 0.1) is 17.8 Å². The highest BCUT2D eigenvalue weighted by Crippen LogP contribution is 2.25. The smallest absolute Gasteiger partial charge is 0.273 e. The van der Waals surface area contributed by atoms with Gasteiger partial charge in [-0.25, -0.2) is 4.39 Å². The van der Waals surface area contributed by atoms with Gasteiger partial charge >= 0.3 is 0 Å². The van der Waals surface area contributed by atoms with E-state index in [-0.39, 0.29) is 23.5 Å². The van der Waals surface area contributed by atoms with Crippen molar-refractivity contribution in [2.24, 2.45) is 7.05 Å². The van der Waals surface area contributed by atoms with Crippen molar-refractivity contribution < 1.29 is 13.7 Å². The van der Waals surface area contributed by atoms with Crippen molar-refractivity contribution in [3.8, 4) is 11.3 Å². The third-order valence-electron chi connectivity index (χ3n) is 5.79. The van der Waals surface area contributed by atoms with Crippen LogP contribution < -0.4 is 5.32 Å². The number of rotatable bonds is 6. The molecule has 0 saturated carbocycles. The minimum atomic E-state index is -0.296. The van der Waals surface area contributed by atoms with Gasteiger partial charge in [0.1, 0.15) is 5.82 Å². The van der Waals surface area contributed by atoms with Crippen LogP contribution in [-0.2, 0) is 7.05 Å². The minimum Gasteiger partial charge on any atom is -0.355 e. The summed E-state index contributed by atoms with van der Waals surface area (Å²) in [5.41, 5.74) is 2.95. The number of carbonyl (C=O) groups is 1. The summed E-state index contributed by atoms with van der Waals surface area (Å²) in [7, 11) is 1.85. The van der Waals surface area contributed by atoms with E-state index in [1.807, 2.05) is 14.0 Å². The molecule has 1 atom stereocenters. The first-order valence-corrected chi connectivity index (χ1v) is 10.3. The van der Waals surface area contributed by atoms with Crippen molar-refractivity contribution in [3.05, 3.63) is 59.3 Å². The molecular formula is C22H26FN5O2. The second-order valence-corrected chi connectivity index (χ2v) is 7.72. The number of likely N-dealkylation sites (tertiary alicyclic amines) is 1. The van der Waals surface area contributed by atoms with Crippen LogP contribution in [0.2, 0.25) is 0 Å². The van der Waals surface area contributed by atoms with E-state index in [9.17, 15) is 9.18 Å². The Morgan fingerprint density at radius 1 is 1.23 bits per heavy atom. The maximum Gasteiger partial charge on any atom is 0.273 e. The highest BCUT2D eigenvalue weighted by Gasteiger charge is 2.24. The fourth-order valence-corrected chi connectivity index (χ4v) is 3.90. The molecule has 3 heterocycles. The topological polar surface area (TPSA) is 76.2 Å². The maximum atomic E-state index is 13.4. The molecule has 4 rings (SSSR count). The van der Waals surface area contributed by atoms with E-state index in [0.29, 0.717) is 12.3 Å². The Labute approximate surface area is 174 Å². The number of carbonyl (C=O) groups excluding carboxylic acids is 1. The van der Waals surface area contributed by atoms with Crippen LogP contribution in [0.4, 0.5) is 4.39 Å². The van der Waals surface area contributed by atoms with Crippen molar-refractivity contribution in [1.29, 1.82) is 0 Å². The Balaban J connectivity index is 1.47. The molecule has 1 unspecified atom stereocenters. The molecule has 0 radical (unpaired) electrons. The molecule has 3 aromatic rings. The van der Waals surface area contributed by atoms with Gasteiger partial charge in [-0.1, -0.05) is 23.7 Å². The highest BCUT2D eigenvalue weighted by atomic mass is 19.1. The molecule has 7 nitrogen and oxygen atoms in total. The summed E-state index contributed by atoms with van der Waals surface area (Å²) in [5.74, 6) is -0.0477. The van der Waals surface area contributed by atoms with Crippen LogP contribution in [0.3, 0.4) is 0 Å². The standard InChI is InChI=1S/C22H26FN5O2/c1-15-18(13-25-27(15)2)21-12-19(26-30-21)22(29)24-14-20(28-10-4-3-5-11-28)16-6-8-17(23)9-7-16/h6-9,12-13,20H,3-5,10-11,14H2,1-2H3,(H,24,29). The molecule has 1 N–H and O–H groups in total. The zero-order valence-electron chi connectivity index (χ0n) is 17.3. The highest BCUT2D eigenvalue weighted by molar-refractivity contribution is 5.93. The van der Waals surface area contributed by atoms with Crippen LogP contribution >= 0.6 is 0 Å². The van der Waals surface area contributed by atoms with Crippen LogP contribution in [0, 0.1) is 12.7 Å². The predicted molar refractivity (Wildman–Crippen MR) is 110 cm³/mol. The predicted octanol–water partition coefficient (Wildman–Crippen LogP) is 3.48. The number of benzene rings is 1. The summed E-state index contributed by atoms with van der Waals surface area (Å²) in [6.45, 7) is 4.27. The normalized spacial score (nSPS) is 15.8. The van der Waals surface area contributed by atoms with E-state index < -0.39 is 0 Å². The molecule has 0 bridgehead atoms. The van der Waals surface area contributed by atoms with Gasteiger partial charge in [0.15, 0.2) is 11.5 Å². The molecule has 1 aliphatic heterocycles. The van der Waals surface area contributed by atoms with Gasteiger partial charge in [-0.3, -0.25) is 14.4 Å². The molecule has 30 heavy (non-hydrogen) atoms. The van der Waals surface area contributed by atoms with E-state index >= 15 is 0 Å². The second-order valence-electron chi connectivity index (χ2n) is 7.72. The Morgan fingerprint density at radius 2 is 1.97 bits per heavy atom. The van der Waals surface area contributed by atoms with Crippen LogP contribution in [0.15, 0.2) is 41.1 Å². The molecule has 1 aromatic carbocycles. The average Bonchev–Trinajstić information content (AvgIpc) is 3.37. The fourth-order valence-electron chi connectivity index (χ4n) is 3.90. The second kappa shape index (κ2) is 8.79. The lowest BCUT2D eigenvalue weighted by Crippen LogP contribution is -2.40. The molecule has 1 aliphatic rings. The van der Waals surface area contributed by atoms with E-state index in [4.69, 9.17) is 4.52 Å². The van der Waals surface area contributed by atoms with Gasteiger partial charge in [-0.15, -0.1) is 0 Å². The molecule has 2 aromatic heterocycles. The van der Waals surface area contributed by atoms with E-state index in [2.05, 4.69) is 20.5 Å². The molecular weight excluding hydrogens is 385 g/mol. The Kier molecular flexibility index (Phi) is 5.94. The lowest BCUT2D eigenvalue weighted by molar-refractivity contribution is 0.0915. The summed E-state index contributed by atoms with van der Waals surface area (Å²) in [5, 5.41) is 11.1. The summed E-state index contributed by atoms with van der Waals surface area (Å²) < 4.78 is 20.5. The lowest BCUT2D eigenvalue weighted by Gasteiger charge is -2.35. The largest absolute Gasteiger partial charge is 0.355 e. The van der Waals surface area contributed by atoms with Crippen LogP contribution in [0.1, 0.15) is 47.1 Å². The first-order chi connectivity index (χ1) is 14.5. The molecule has 0 spiro atoms. The van der Waals surface area contributed by atoms with Crippen molar-refractivity contribution >= 4 is 5.91 Å². The number of aryl methyl sites for hydroxylation is 1. The maximum absolute atomic E-state index is 13.4.